The molecule has 0 heterocycles. The Hall–Kier alpha value is 0.300. The highest BCUT2D eigenvalue weighted by atomic mass is 32.2. The summed E-state index contributed by atoms with van der Waals surface area (Å²) in [6.45, 7) is 9.44. The second kappa shape index (κ2) is 14.9. The first kappa shape index (κ1) is 24.6. The minimum Gasteiger partial charge on any atom is -0.329 e. The van der Waals surface area contributed by atoms with Crippen LogP contribution in [0, 0.1) is 0 Å². The zero-order valence-corrected chi connectivity index (χ0v) is 16.9. The van der Waals surface area contributed by atoms with Gasteiger partial charge in [0.15, 0.2) is 0 Å². The molecule has 22 heavy (non-hydrogen) atoms. The van der Waals surface area contributed by atoms with Crippen molar-refractivity contribution in [3.63, 3.8) is 0 Å². The minimum atomic E-state index is -3.80. The first-order valence-corrected chi connectivity index (χ1v) is 12.9. The Morgan fingerprint density at radius 2 is 1.23 bits per heavy atom. The van der Waals surface area contributed by atoms with Crippen LogP contribution in [-0.2, 0) is 10.1 Å². The van der Waals surface area contributed by atoms with Crippen molar-refractivity contribution in [2.45, 2.75) is 66.2 Å². The lowest BCUT2D eigenvalue weighted by molar-refractivity contribution is 0.483. The maximum absolute atomic E-state index is 9.71. The molecule has 0 aliphatic heterocycles. The standard InChI is InChI=1S/C14H32P.C2H7NO3S/c1-5-9-12-15(8-4,13-10-6-2)14-11-7-3;3-1-2-7(4,5)6/h5-14H2,1-4H3;1-3H2,(H,4,5,6)/q+1;. The van der Waals surface area contributed by atoms with E-state index < -0.39 is 17.4 Å². The molecule has 3 N–H and O–H groups in total. The van der Waals surface area contributed by atoms with Gasteiger partial charge >= 0.3 is 0 Å². The highest BCUT2D eigenvalue weighted by molar-refractivity contribution is 7.85. The highest BCUT2D eigenvalue weighted by Gasteiger charge is 2.32. The molecular formula is C16H39NO3PS+. The summed E-state index contributed by atoms with van der Waals surface area (Å²) in [5.41, 5.74) is 4.78. The molecule has 0 radical (unpaired) electrons. The van der Waals surface area contributed by atoms with Gasteiger partial charge in [0.1, 0.15) is 0 Å². The lowest BCUT2D eigenvalue weighted by atomic mass is 10.4. The van der Waals surface area contributed by atoms with Crippen LogP contribution in [0.5, 0.6) is 0 Å². The fourth-order valence-electron chi connectivity index (χ4n) is 2.44. The van der Waals surface area contributed by atoms with E-state index >= 15 is 0 Å². The Morgan fingerprint density at radius 1 is 0.864 bits per heavy atom. The first-order valence-electron chi connectivity index (χ1n) is 8.81. The molecule has 0 bridgehead atoms. The molecular weight excluding hydrogens is 317 g/mol. The van der Waals surface area contributed by atoms with Gasteiger partial charge in [0, 0.05) is 13.8 Å². The minimum absolute atomic E-state index is 0.0289. The van der Waals surface area contributed by atoms with Gasteiger partial charge in [-0.05, 0) is 26.2 Å². The maximum Gasteiger partial charge on any atom is 0.266 e. The Morgan fingerprint density at radius 3 is 1.36 bits per heavy atom. The molecule has 0 saturated heterocycles. The molecule has 0 aromatic heterocycles. The number of unbranched alkanes of at least 4 members (excludes halogenated alkanes) is 3. The second-order valence-corrected chi connectivity index (χ2v) is 12.2. The summed E-state index contributed by atoms with van der Waals surface area (Å²) in [7, 11) is -4.33. The topological polar surface area (TPSA) is 80.4 Å². The highest BCUT2D eigenvalue weighted by Crippen LogP contribution is 2.60. The van der Waals surface area contributed by atoms with Crippen molar-refractivity contribution in [3.05, 3.63) is 0 Å². The van der Waals surface area contributed by atoms with E-state index in [1.54, 1.807) is 18.5 Å². The van der Waals surface area contributed by atoms with Gasteiger partial charge in [-0.3, -0.25) is 4.55 Å². The monoisotopic (exact) mass is 356 g/mol. The molecule has 4 nitrogen and oxygen atoms in total. The number of hydrogen-bond donors (Lipinski definition) is 2. The van der Waals surface area contributed by atoms with Crippen molar-refractivity contribution in [3.8, 4) is 0 Å². The summed E-state index contributed by atoms with van der Waals surface area (Å²) in [4.78, 5) is 0. The third-order valence-corrected chi connectivity index (χ3v) is 9.89. The van der Waals surface area contributed by atoms with E-state index in [1.807, 2.05) is 0 Å². The predicted molar refractivity (Wildman–Crippen MR) is 102 cm³/mol. The van der Waals surface area contributed by atoms with Crippen LogP contribution in [0.2, 0.25) is 0 Å². The molecule has 0 aromatic rings. The van der Waals surface area contributed by atoms with E-state index in [4.69, 9.17) is 10.3 Å². The van der Waals surface area contributed by atoms with Gasteiger partial charge in [-0.1, -0.05) is 40.0 Å². The molecule has 0 atom stereocenters. The van der Waals surface area contributed by atoms with Crippen LogP contribution in [0.1, 0.15) is 66.2 Å². The van der Waals surface area contributed by atoms with E-state index in [0.29, 0.717) is 0 Å². The largest absolute Gasteiger partial charge is 0.329 e. The smallest absolute Gasteiger partial charge is 0.266 e. The second-order valence-electron chi connectivity index (χ2n) is 5.96. The summed E-state index contributed by atoms with van der Waals surface area (Å²) in [6.07, 6.45) is 14.9. The Kier molecular flexibility index (Phi) is 16.6. The van der Waals surface area contributed by atoms with Gasteiger partial charge < -0.3 is 5.73 Å². The fourth-order valence-corrected chi connectivity index (χ4v) is 7.32. The van der Waals surface area contributed by atoms with Crippen LogP contribution in [0.25, 0.3) is 0 Å². The van der Waals surface area contributed by atoms with Crippen molar-refractivity contribution in [1.29, 1.82) is 0 Å². The van der Waals surface area contributed by atoms with E-state index in [2.05, 4.69) is 27.7 Å². The zero-order chi connectivity index (χ0) is 17.5. The van der Waals surface area contributed by atoms with Crippen LogP contribution >= 0.6 is 7.26 Å². The van der Waals surface area contributed by atoms with Crippen molar-refractivity contribution in [2.24, 2.45) is 5.73 Å². The summed E-state index contributed by atoms with van der Waals surface area (Å²) >= 11 is 0. The van der Waals surface area contributed by atoms with Gasteiger partial charge in [-0.25, -0.2) is 0 Å². The van der Waals surface area contributed by atoms with Crippen LogP contribution in [-0.4, -0.2) is 49.9 Å². The van der Waals surface area contributed by atoms with Crippen LogP contribution in [0.15, 0.2) is 0 Å². The zero-order valence-electron chi connectivity index (χ0n) is 15.2. The van der Waals surface area contributed by atoms with Gasteiger partial charge in [-0.15, -0.1) is 0 Å². The van der Waals surface area contributed by atoms with E-state index in [1.165, 1.54) is 44.7 Å². The molecule has 0 aliphatic carbocycles. The first-order chi connectivity index (χ1) is 10.3. The number of nitrogens with two attached hydrogens (primary N) is 1. The van der Waals surface area contributed by atoms with Crippen LogP contribution in [0.3, 0.4) is 0 Å². The van der Waals surface area contributed by atoms with Gasteiger partial charge in [-0.2, -0.15) is 8.42 Å². The SMILES string of the molecule is CCCC[P+](CC)(CCCC)CCCC.NCCS(=O)(=O)O. The number of hydrogen-bond acceptors (Lipinski definition) is 3. The maximum atomic E-state index is 9.71. The van der Waals surface area contributed by atoms with E-state index in [9.17, 15) is 8.42 Å². The van der Waals surface area contributed by atoms with Crippen molar-refractivity contribution in [1.82, 2.24) is 0 Å². The van der Waals surface area contributed by atoms with Crippen LogP contribution < -0.4 is 5.73 Å². The van der Waals surface area contributed by atoms with Gasteiger partial charge in [0.2, 0.25) is 0 Å². The predicted octanol–water partition coefficient (Wildman–Crippen LogP) is 4.26. The fraction of sp³-hybridized carbons (Fsp3) is 1.00. The molecule has 0 rings (SSSR count). The molecule has 0 fully saturated rings. The average Bonchev–Trinajstić information content (AvgIpc) is 2.46. The van der Waals surface area contributed by atoms with Crippen molar-refractivity contribution in [2.75, 3.05) is 36.9 Å². The normalized spacial score (nSPS) is 11.9. The van der Waals surface area contributed by atoms with Gasteiger partial charge in [0.05, 0.1) is 30.4 Å². The summed E-state index contributed by atoms with van der Waals surface area (Å²) in [6, 6.07) is 0. The molecule has 0 amide bonds. The molecule has 6 heteroatoms. The third-order valence-electron chi connectivity index (χ3n) is 4.00. The summed E-state index contributed by atoms with van der Waals surface area (Å²) < 4.78 is 27.3. The molecule has 0 unspecified atom stereocenters. The molecule has 136 valence electrons. The van der Waals surface area contributed by atoms with E-state index in [-0.39, 0.29) is 12.3 Å². The lowest BCUT2D eigenvalue weighted by Gasteiger charge is -2.26. The van der Waals surface area contributed by atoms with Crippen molar-refractivity contribution >= 4 is 17.4 Å². The Balaban J connectivity index is 0. The average molecular weight is 357 g/mol. The van der Waals surface area contributed by atoms with Crippen LogP contribution in [0.4, 0.5) is 0 Å². The number of rotatable bonds is 12. The molecule has 0 saturated carbocycles. The van der Waals surface area contributed by atoms with Crippen molar-refractivity contribution < 1.29 is 13.0 Å². The van der Waals surface area contributed by atoms with E-state index in [0.717, 1.165) is 0 Å². The molecule has 0 aliphatic rings. The quantitative estimate of drug-likeness (QED) is 0.404. The lowest BCUT2D eigenvalue weighted by Crippen LogP contribution is -2.13. The molecule has 0 spiro atoms. The van der Waals surface area contributed by atoms with Gasteiger partial charge in [0.25, 0.3) is 10.1 Å². The third kappa shape index (κ3) is 15.2. The Labute approximate surface area is 139 Å². The summed E-state index contributed by atoms with van der Waals surface area (Å²) in [5.74, 6) is -0.354. The Bertz CT molecular complexity index is 313. The molecule has 0 aromatic carbocycles. The summed E-state index contributed by atoms with van der Waals surface area (Å²) in [5, 5.41) is 0.